The molecule has 1 saturated carbocycles. The largest absolute Gasteiger partial charge is 0.481 e. The number of carboxylic acids is 1. The van der Waals surface area contributed by atoms with Gasteiger partial charge in [0.05, 0.1) is 11.8 Å². The molecule has 1 aromatic carbocycles. The van der Waals surface area contributed by atoms with Crippen LogP contribution in [0.4, 0.5) is 0 Å². The van der Waals surface area contributed by atoms with Crippen molar-refractivity contribution in [1.29, 1.82) is 0 Å². The first-order valence-corrected chi connectivity index (χ1v) is 7.24. The Balaban J connectivity index is 1.76. The van der Waals surface area contributed by atoms with Gasteiger partial charge in [-0.1, -0.05) is 41.4 Å². The molecule has 2 aromatic rings. The van der Waals surface area contributed by atoms with Crippen molar-refractivity contribution < 1.29 is 14.4 Å². The van der Waals surface area contributed by atoms with Crippen LogP contribution in [0.2, 0.25) is 0 Å². The summed E-state index contributed by atoms with van der Waals surface area (Å²) in [6.07, 6.45) is 3.01. The van der Waals surface area contributed by atoms with Gasteiger partial charge in [0.2, 0.25) is 5.89 Å². The van der Waals surface area contributed by atoms with E-state index in [9.17, 15) is 9.90 Å². The first-order valence-electron chi connectivity index (χ1n) is 7.24. The molecule has 1 aliphatic carbocycles. The third kappa shape index (κ3) is 2.96. The minimum absolute atomic E-state index is 0.138. The van der Waals surface area contributed by atoms with Crippen molar-refractivity contribution >= 4 is 5.97 Å². The molecule has 0 bridgehead atoms. The fourth-order valence-corrected chi connectivity index (χ4v) is 3.05. The molecule has 0 saturated heterocycles. The molecular weight excluding hydrogens is 268 g/mol. The van der Waals surface area contributed by atoms with Gasteiger partial charge >= 0.3 is 5.97 Å². The summed E-state index contributed by atoms with van der Waals surface area (Å²) in [5, 5.41) is 13.2. The molecule has 0 amide bonds. The summed E-state index contributed by atoms with van der Waals surface area (Å²) in [7, 11) is 0. The molecule has 0 aliphatic heterocycles. The molecule has 1 heterocycles. The zero-order valence-electron chi connectivity index (χ0n) is 12.0. The molecule has 5 nitrogen and oxygen atoms in total. The second kappa shape index (κ2) is 5.68. The first-order chi connectivity index (χ1) is 10.1. The zero-order valence-corrected chi connectivity index (χ0v) is 12.0. The molecule has 2 unspecified atom stereocenters. The fourth-order valence-electron chi connectivity index (χ4n) is 3.05. The van der Waals surface area contributed by atoms with Crippen LogP contribution in [0.15, 0.2) is 28.8 Å². The van der Waals surface area contributed by atoms with Crippen LogP contribution in [0.25, 0.3) is 0 Å². The standard InChI is InChI=1S/C16H18N2O3/c1-10-4-2-5-11(8-10)9-14-17-15(21-18-14)12-6-3-7-13(12)16(19)20/h2,4-5,8,12-13H,3,6-7,9H2,1H3,(H,19,20). The number of aryl methyl sites for hydroxylation is 1. The molecule has 21 heavy (non-hydrogen) atoms. The van der Waals surface area contributed by atoms with Gasteiger partial charge in [0.1, 0.15) is 0 Å². The lowest BCUT2D eigenvalue weighted by atomic mass is 9.96. The maximum atomic E-state index is 11.2. The van der Waals surface area contributed by atoms with Gasteiger partial charge in [-0.3, -0.25) is 4.79 Å². The summed E-state index contributed by atoms with van der Waals surface area (Å²) < 4.78 is 5.31. The van der Waals surface area contributed by atoms with Crippen LogP contribution in [0, 0.1) is 12.8 Å². The van der Waals surface area contributed by atoms with Gasteiger partial charge in [-0.25, -0.2) is 0 Å². The quantitative estimate of drug-likeness (QED) is 0.935. The van der Waals surface area contributed by atoms with E-state index in [1.165, 1.54) is 5.56 Å². The van der Waals surface area contributed by atoms with E-state index in [-0.39, 0.29) is 5.92 Å². The molecule has 2 atom stereocenters. The Hall–Kier alpha value is -2.17. The lowest BCUT2D eigenvalue weighted by molar-refractivity contribution is -0.142. The second-order valence-electron chi connectivity index (χ2n) is 5.70. The van der Waals surface area contributed by atoms with Crippen LogP contribution >= 0.6 is 0 Å². The van der Waals surface area contributed by atoms with E-state index in [4.69, 9.17) is 4.52 Å². The van der Waals surface area contributed by atoms with Gasteiger partial charge in [0, 0.05) is 6.42 Å². The first kappa shape index (κ1) is 13.8. The smallest absolute Gasteiger partial charge is 0.307 e. The highest BCUT2D eigenvalue weighted by Gasteiger charge is 2.37. The van der Waals surface area contributed by atoms with Crippen molar-refractivity contribution in [2.24, 2.45) is 5.92 Å². The minimum atomic E-state index is -0.768. The molecular formula is C16H18N2O3. The zero-order chi connectivity index (χ0) is 14.8. The van der Waals surface area contributed by atoms with E-state index in [2.05, 4.69) is 16.2 Å². The molecule has 1 fully saturated rings. The van der Waals surface area contributed by atoms with Crippen molar-refractivity contribution in [3.8, 4) is 0 Å². The Morgan fingerprint density at radius 1 is 1.43 bits per heavy atom. The molecule has 1 aromatic heterocycles. The van der Waals surface area contributed by atoms with Crippen LogP contribution < -0.4 is 0 Å². The van der Waals surface area contributed by atoms with Gasteiger partial charge in [-0.2, -0.15) is 4.98 Å². The Morgan fingerprint density at radius 3 is 3.05 bits per heavy atom. The maximum absolute atomic E-state index is 11.2. The normalized spacial score (nSPS) is 21.6. The van der Waals surface area contributed by atoms with Crippen LogP contribution in [-0.2, 0) is 11.2 Å². The van der Waals surface area contributed by atoms with E-state index in [0.717, 1.165) is 18.4 Å². The van der Waals surface area contributed by atoms with Crippen LogP contribution in [-0.4, -0.2) is 21.2 Å². The number of aromatic nitrogens is 2. The predicted molar refractivity (Wildman–Crippen MR) is 76.0 cm³/mol. The SMILES string of the molecule is Cc1cccc(Cc2noc(C3CCCC3C(=O)O)n2)c1. The fraction of sp³-hybridized carbons (Fsp3) is 0.438. The minimum Gasteiger partial charge on any atom is -0.481 e. The summed E-state index contributed by atoms with van der Waals surface area (Å²) in [6, 6.07) is 8.16. The number of hydrogen-bond acceptors (Lipinski definition) is 4. The Kier molecular flexibility index (Phi) is 3.73. The van der Waals surface area contributed by atoms with E-state index >= 15 is 0 Å². The van der Waals surface area contributed by atoms with Crippen molar-refractivity contribution in [2.75, 3.05) is 0 Å². The molecule has 1 aliphatic rings. The lowest BCUT2D eigenvalue weighted by Crippen LogP contribution is -2.17. The lowest BCUT2D eigenvalue weighted by Gasteiger charge is -2.10. The van der Waals surface area contributed by atoms with Gasteiger partial charge in [0.25, 0.3) is 0 Å². The van der Waals surface area contributed by atoms with Crippen molar-refractivity contribution in [2.45, 2.75) is 38.5 Å². The Bertz CT molecular complexity index is 650. The van der Waals surface area contributed by atoms with Gasteiger partial charge in [0.15, 0.2) is 5.82 Å². The third-order valence-electron chi connectivity index (χ3n) is 4.08. The molecule has 5 heteroatoms. The van der Waals surface area contributed by atoms with Crippen LogP contribution in [0.3, 0.4) is 0 Å². The van der Waals surface area contributed by atoms with Crippen LogP contribution in [0.1, 0.15) is 48.0 Å². The summed E-state index contributed by atoms with van der Waals surface area (Å²) >= 11 is 0. The molecule has 1 N–H and O–H groups in total. The average Bonchev–Trinajstić information content (AvgIpc) is 3.06. The molecule has 110 valence electrons. The third-order valence-corrected chi connectivity index (χ3v) is 4.08. The van der Waals surface area contributed by atoms with E-state index in [0.29, 0.717) is 24.6 Å². The number of carboxylic acid groups (broad SMARTS) is 1. The van der Waals surface area contributed by atoms with Crippen molar-refractivity contribution in [3.05, 3.63) is 47.1 Å². The van der Waals surface area contributed by atoms with E-state index in [1.54, 1.807) is 0 Å². The Labute approximate surface area is 123 Å². The van der Waals surface area contributed by atoms with Gasteiger partial charge < -0.3 is 9.63 Å². The molecule has 3 rings (SSSR count). The predicted octanol–water partition coefficient (Wildman–Crippen LogP) is 2.94. The maximum Gasteiger partial charge on any atom is 0.307 e. The summed E-state index contributed by atoms with van der Waals surface area (Å²) in [5.74, 6) is -0.205. The van der Waals surface area contributed by atoms with E-state index < -0.39 is 11.9 Å². The highest BCUT2D eigenvalue weighted by atomic mass is 16.5. The van der Waals surface area contributed by atoms with Gasteiger partial charge in [-0.15, -0.1) is 0 Å². The summed E-state index contributed by atoms with van der Waals surface area (Å²) in [4.78, 5) is 15.6. The van der Waals surface area contributed by atoms with Gasteiger partial charge in [-0.05, 0) is 25.3 Å². The number of rotatable bonds is 4. The molecule has 0 spiro atoms. The van der Waals surface area contributed by atoms with Crippen LogP contribution in [0.5, 0.6) is 0 Å². The average molecular weight is 286 g/mol. The van der Waals surface area contributed by atoms with Crippen molar-refractivity contribution in [3.63, 3.8) is 0 Å². The number of carbonyl (C=O) groups is 1. The monoisotopic (exact) mass is 286 g/mol. The second-order valence-corrected chi connectivity index (χ2v) is 5.70. The number of aliphatic carboxylic acids is 1. The highest BCUT2D eigenvalue weighted by molar-refractivity contribution is 5.71. The Morgan fingerprint density at radius 2 is 2.29 bits per heavy atom. The highest BCUT2D eigenvalue weighted by Crippen LogP contribution is 2.39. The molecule has 0 radical (unpaired) electrons. The number of hydrogen-bond donors (Lipinski definition) is 1. The van der Waals surface area contributed by atoms with Crippen molar-refractivity contribution in [1.82, 2.24) is 10.1 Å². The summed E-state index contributed by atoms with van der Waals surface area (Å²) in [5.41, 5.74) is 2.32. The summed E-state index contributed by atoms with van der Waals surface area (Å²) in [6.45, 7) is 2.04. The number of nitrogens with zero attached hydrogens (tertiary/aromatic N) is 2. The van der Waals surface area contributed by atoms with E-state index in [1.807, 2.05) is 25.1 Å². The topological polar surface area (TPSA) is 76.2 Å². The number of benzene rings is 1.